The largest absolute Gasteiger partial charge is 0.436 e. The summed E-state index contributed by atoms with van der Waals surface area (Å²) < 4.78 is 43.4. The molecule has 0 aliphatic carbocycles. The highest BCUT2D eigenvalue weighted by Crippen LogP contribution is 2.34. The van der Waals surface area contributed by atoms with Crippen LogP contribution >= 0.6 is 11.6 Å². The first-order valence-electron chi connectivity index (χ1n) is 5.88. The van der Waals surface area contributed by atoms with Gasteiger partial charge in [-0.3, -0.25) is 0 Å². The molecule has 0 atom stereocenters. The number of nitrogens with two attached hydrogens (primary N) is 1. The molecule has 3 nitrogen and oxygen atoms in total. The van der Waals surface area contributed by atoms with E-state index >= 15 is 0 Å². The van der Waals surface area contributed by atoms with Gasteiger partial charge in [0.15, 0.2) is 5.58 Å². The zero-order valence-corrected chi connectivity index (χ0v) is 11.2. The number of hydrogen-bond acceptors (Lipinski definition) is 3. The van der Waals surface area contributed by atoms with Crippen LogP contribution in [0, 0.1) is 0 Å². The summed E-state index contributed by atoms with van der Waals surface area (Å²) in [6, 6.07) is 7.85. The molecule has 7 heteroatoms. The van der Waals surface area contributed by atoms with Gasteiger partial charge in [0.05, 0.1) is 16.1 Å². The van der Waals surface area contributed by atoms with E-state index in [1.807, 2.05) is 0 Å². The van der Waals surface area contributed by atoms with Gasteiger partial charge in [-0.15, -0.1) is 0 Å². The molecule has 3 aromatic rings. The lowest BCUT2D eigenvalue weighted by atomic mass is 10.2. The van der Waals surface area contributed by atoms with Crippen LogP contribution < -0.4 is 5.73 Å². The van der Waals surface area contributed by atoms with E-state index in [0.717, 1.165) is 12.1 Å². The van der Waals surface area contributed by atoms with E-state index in [0.29, 0.717) is 16.3 Å². The molecule has 1 aromatic heterocycles. The summed E-state index contributed by atoms with van der Waals surface area (Å²) in [7, 11) is 0. The van der Waals surface area contributed by atoms with Gasteiger partial charge < -0.3 is 10.2 Å². The second-order valence-electron chi connectivity index (χ2n) is 4.44. The van der Waals surface area contributed by atoms with E-state index in [1.54, 1.807) is 12.1 Å². The van der Waals surface area contributed by atoms with Crippen LogP contribution in [0.3, 0.4) is 0 Å². The molecular weight excluding hydrogens is 305 g/mol. The number of fused-ring (bicyclic) bond motifs is 1. The third-order valence-corrected chi connectivity index (χ3v) is 3.25. The fraction of sp³-hybridized carbons (Fsp3) is 0.0714. The molecule has 0 amide bonds. The van der Waals surface area contributed by atoms with Crippen molar-refractivity contribution in [1.29, 1.82) is 0 Å². The van der Waals surface area contributed by atoms with Crippen molar-refractivity contribution in [2.45, 2.75) is 6.18 Å². The topological polar surface area (TPSA) is 52.0 Å². The standard InChI is InChI=1S/C14H8ClF3N2O/c15-10-6-8(19)2-3-9(10)13-20-11-5-7(14(16,17)18)1-4-12(11)21-13/h1-6H,19H2. The van der Waals surface area contributed by atoms with Crippen molar-refractivity contribution in [2.24, 2.45) is 0 Å². The second-order valence-corrected chi connectivity index (χ2v) is 4.85. The molecule has 2 aromatic carbocycles. The van der Waals surface area contributed by atoms with Crippen molar-refractivity contribution in [3.05, 3.63) is 47.0 Å². The third kappa shape index (κ3) is 2.54. The van der Waals surface area contributed by atoms with Gasteiger partial charge >= 0.3 is 6.18 Å². The molecule has 21 heavy (non-hydrogen) atoms. The van der Waals surface area contributed by atoms with Gasteiger partial charge in [0, 0.05) is 5.69 Å². The van der Waals surface area contributed by atoms with Gasteiger partial charge in [-0.2, -0.15) is 13.2 Å². The quantitative estimate of drug-likeness (QED) is 0.660. The van der Waals surface area contributed by atoms with E-state index in [2.05, 4.69) is 4.98 Å². The number of rotatable bonds is 1. The van der Waals surface area contributed by atoms with Gasteiger partial charge in [-0.25, -0.2) is 4.98 Å². The molecule has 0 saturated heterocycles. The van der Waals surface area contributed by atoms with Crippen molar-refractivity contribution in [1.82, 2.24) is 4.98 Å². The molecule has 3 rings (SSSR count). The molecule has 0 spiro atoms. The van der Waals surface area contributed by atoms with E-state index in [9.17, 15) is 13.2 Å². The first-order valence-corrected chi connectivity index (χ1v) is 6.25. The number of hydrogen-bond donors (Lipinski definition) is 1. The van der Waals surface area contributed by atoms with Crippen molar-refractivity contribution in [2.75, 3.05) is 5.73 Å². The number of anilines is 1. The molecule has 0 unspecified atom stereocenters. The van der Waals surface area contributed by atoms with Crippen molar-refractivity contribution < 1.29 is 17.6 Å². The Balaban J connectivity index is 2.13. The number of aromatic nitrogens is 1. The zero-order valence-electron chi connectivity index (χ0n) is 10.4. The van der Waals surface area contributed by atoms with Gasteiger partial charge in [-0.05, 0) is 36.4 Å². The number of halogens is 4. The lowest BCUT2D eigenvalue weighted by Crippen LogP contribution is -2.03. The van der Waals surface area contributed by atoms with Crippen LogP contribution in [-0.4, -0.2) is 4.98 Å². The van der Waals surface area contributed by atoms with Crippen LogP contribution in [-0.2, 0) is 6.18 Å². The Morgan fingerprint density at radius 3 is 2.52 bits per heavy atom. The van der Waals surface area contributed by atoms with Gasteiger partial charge in [0.2, 0.25) is 5.89 Å². The van der Waals surface area contributed by atoms with Crippen LogP contribution in [0.4, 0.5) is 18.9 Å². The zero-order chi connectivity index (χ0) is 15.2. The molecule has 0 aliphatic rings. The predicted molar refractivity (Wildman–Crippen MR) is 73.9 cm³/mol. The smallest absolute Gasteiger partial charge is 0.416 e. The molecule has 0 fully saturated rings. The van der Waals surface area contributed by atoms with E-state index in [4.69, 9.17) is 21.8 Å². The van der Waals surface area contributed by atoms with Gasteiger partial charge in [0.25, 0.3) is 0 Å². The maximum Gasteiger partial charge on any atom is 0.416 e. The second kappa shape index (κ2) is 4.66. The molecule has 1 heterocycles. The van der Waals surface area contributed by atoms with E-state index in [-0.39, 0.29) is 17.0 Å². The summed E-state index contributed by atoms with van der Waals surface area (Å²) >= 11 is 6.04. The minimum absolute atomic E-state index is 0.118. The highest BCUT2D eigenvalue weighted by Gasteiger charge is 2.31. The average molecular weight is 313 g/mol. The van der Waals surface area contributed by atoms with Crippen LogP contribution in [0.15, 0.2) is 40.8 Å². The molecule has 0 bridgehead atoms. The SMILES string of the molecule is Nc1ccc(-c2nc3cc(C(F)(F)F)ccc3o2)c(Cl)c1. The van der Waals surface area contributed by atoms with Gasteiger partial charge in [0.1, 0.15) is 5.52 Å². The summed E-state index contributed by atoms with van der Waals surface area (Å²) in [5.74, 6) is 0.148. The summed E-state index contributed by atoms with van der Waals surface area (Å²) in [6.45, 7) is 0. The predicted octanol–water partition coefficient (Wildman–Crippen LogP) is 4.75. The number of nitrogens with zero attached hydrogens (tertiary/aromatic N) is 1. The maximum atomic E-state index is 12.7. The van der Waals surface area contributed by atoms with Crippen LogP contribution in [0.1, 0.15) is 5.56 Å². The maximum absolute atomic E-state index is 12.7. The Hall–Kier alpha value is -2.21. The molecular formula is C14H8ClF3N2O. The lowest BCUT2D eigenvalue weighted by Gasteiger charge is -2.04. The summed E-state index contributed by atoms with van der Waals surface area (Å²) in [6.07, 6.45) is -4.42. The van der Waals surface area contributed by atoms with Crippen LogP contribution in [0.5, 0.6) is 0 Å². The Kier molecular flexibility index (Phi) is 3.06. The minimum Gasteiger partial charge on any atom is -0.436 e. The Morgan fingerprint density at radius 1 is 1.10 bits per heavy atom. The fourth-order valence-electron chi connectivity index (χ4n) is 1.92. The van der Waals surface area contributed by atoms with Crippen LogP contribution in [0.2, 0.25) is 5.02 Å². The summed E-state index contributed by atoms with van der Waals surface area (Å²) in [5, 5.41) is 0.317. The number of oxazole rings is 1. The van der Waals surface area contributed by atoms with Crippen molar-refractivity contribution >= 4 is 28.4 Å². The number of nitrogen functional groups attached to an aromatic ring is 1. The Bertz CT molecular complexity index is 827. The highest BCUT2D eigenvalue weighted by atomic mass is 35.5. The highest BCUT2D eigenvalue weighted by molar-refractivity contribution is 6.33. The van der Waals surface area contributed by atoms with Crippen molar-refractivity contribution in [3.8, 4) is 11.5 Å². The fourth-order valence-corrected chi connectivity index (χ4v) is 2.19. The Morgan fingerprint density at radius 2 is 1.86 bits per heavy atom. The van der Waals surface area contributed by atoms with E-state index < -0.39 is 11.7 Å². The van der Waals surface area contributed by atoms with Crippen LogP contribution in [0.25, 0.3) is 22.6 Å². The number of benzene rings is 2. The normalized spacial score (nSPS) is 12.0. The van der Waals surface area contributed by atoms with E-state index in [1.165, 1.54) is 12.1 Å². The summed E-state index contributed by atoms with van der Waals surface area (Å²) in [5.41, 5.74) is 6.12. The lowest BCUT2D eigenvalue weighted by molar-refractivity contribution is -0.137. The molecule has 2 N–H and O–H groups in total. The van der Waals surface area contributed by atoms with Crippen molar-refractivity contribution in [3.63, 3.8) is 0 Å². The number of alkyl halides is 3. The minimum atomic E-state index is -4.42. The third-order valence-electron chi connectivity index (χ3n) is 2.94. The van der Waals surface area contributed by atoms with Gasteiger partial charge in [-0.1, -0.05) is 11.6 Å². The molecule has 108 valence electrons. The summed E-state index contributed by atoms with van der Waals surface area (Å²) in [4.78, 5) is 4.06. The average Bonchev–Trinajstić information content (AvgIpc) is 2.79. The molecule has 0 saturated carbocycles. The monoisotopic (exact) mass is 312 g/mol. The molecule has 0 radical (unpaired) electrons. The first-order chi connectivity index (χ1) is 9.84. The Labute approximate surface area is 122 Å². The molecule has 0 aliphatic heterocycles. The first kappa shape index (κ1) is 13.8.